The van der Waals surface area contributed by atoms with Crippen molar-refractivity contribution in [2.75, 3.05) is 45.0 Å². The van der Waals surface area contributed by atoms with Crippen LogP contribution in [0.2, 0.25) is 0 Å². The van der Waals surface area contributed by atoms with Crippen LogP contribution in [0.1, 0.15) is 20.7 Å². The molecule has 1 amide bonds. The molecular weight excluding hydrogens is 424 g/mol. The van der Waals surface area contributed by atoms with Gasteiger partial charge in [0.1, 0.15) is 0 Å². The van der Waals surface area contributed by atoms with Gasteiger partial charge in [-0.15, -0.1) is 10.2 Å². The maximum absolute atomic E-state index is 12.8. The number of hydrogen-bond acceptors (Lipinski definition) is 8. The average Bonchev–Trinajstić information content (AvgIpc) is 3.36. The van der Waals surface area contributed by atoms with Crippen LogP contribution in [0, 0.1) is 0 Å². The molecule has 0 saturated carbocycles. The number of benzene rings is 2. The molecule has 168 valence electrons. The van der Waals surface area contributed by atoms with Crippen LogP contribution in [0.25, 0.3) is 11.3 Å². The Balaban J connectivity index is 1.20. The van der Waals surface area contributed by atoms with Gasteiger partial charge in [0.2, 0.25) is 6.79 Å². The Kier molecular flexibility index (Phi) is 5.52. The summed E-state index contributed by atoms with van der Waals surface area (Å²) in [6, 6.07) is 16.1. The number of ether oxygens (including phenoxy) is 3. The lowest BCUT2D eigenvalue weighted by atomic mass is 10.1. The van der Waals surface area contributed by atoms with Gasteiger partial charge in [-0.05, 0) is 54.6 Å². The van der Waals surface area contributed by atoms with Crippen LogP contribution in [-0.2, 0) is 4.74 Å². The van der Waals surface area contributed by atoms with Crippen molar-refractivity contribution in [3.8, 4) is 22.8 Å². The molecule has 9 heteroatoms. The molecule has 0 radical (unpaired) electrons. The number of amides is 1. The summed E-state index contributed by atoms with van der Waals surface area (Å²) < 4.78 is 15.5. The van der Waals surface area contributed by atoms with E-state index in [4.69, 9.17) is 14.2 Å². The quantitative estimate of drug-likeness (QED) is 0.565. The Labute approximate surface area is 190 Å². The van der Waals surface area contributed by atoms with Crippen LogP contribution in [0.3, 0.4) is 0 Å². The molecule has 0 aliphatic carbocycles. The van der Waals surface area contributed by atoms with Gasteiger partial charge in [0.05, 0.1) is 18.4 Å². The van der Waals surface area contributed by atoms with Crippen molar-refractivity contribution in [2.24, 2.45) is 0 Å². The molecule has 1 saturated heterocycles. The van der Waals surface area contributed by atoms with Crippen molar-refractivity contribution in [2.45, 2.75) is 0 Å². The summed E-state index contributed by atoms with van der Waals surface area (Å²) in [5, 5.41) is 8.77. The van der Waals surface area contributed by atoms with Crippen LogP contribution < -0.4 is 14.4 Å². The first-order chi connectivity index (χ1) is 16.1. The van der Waals surface area contributed by atoms with E-state index in [1.165, 1.54) is 7.11 Å². The third kappa shape index (κ3) is 4.17. The Hall–Kier alpha value is -4.14. The zero-order valence-corrected chi connectivity index (χ0v) is 18.1. The van der Waals surface area contributed by atoms with Crippen LogP contribution in [0.4, 0.5) is 5.82 Å². The Morgan fingerprint density at radius 3 is 2.27 bits per heavy atom. The smallest absolute Gasteiger partial charge is 0.337 e. The van der Waals surface area contributed by atoms with Crippen LogP contribution in [0.15, 0.2) is 54.6 Å². The monoisotopic (exact) mass is 446 g/mol. The van der Waals surface area contributed by atoms with E-state index in [-0.39, 0.29) is 12.7 Å². The van der Waals surface area contributed by atoms with E-state index >= 15 is 0 Å². The van der Waals surface area contributed by atoms with Crippen LogP contribution in [-0.4, -0.2) is 67.1 Å². The second-order valence-corrected chi connectivity index (χ2v) is 7.69. The first-order valence-electron chi connectivity index (χ1n) is 10.6. The molecule has 2 aliphatic rings. The van der Waals surface area contributed by atoms with Crippen molar-refractivity contribution in [3.63, 3.8) is 0 Å². The van der Waals surface area contributed by atoms with Crippen molar-refractivity contribution in [1.82, 2.24) is 15.1 Å². The van der Waals surface area contributed by atoms with Gasteiger partial charge in [0, 0.05) is 37.3 Å². The number of piperazine rings is 1. The lowest BCUT2D eigenvalue weighted by molar-refractivity contribution is 0.0599. The summed E-state index contributed by atoms with van der Waals surface area (Å²) in [5.41, 5.74) is 2.62. The van der Waals surface area contributed by atoms with Crippen molar-refractivity contribution in [3.05, 3.63) is 65.7 Å². The molecule has 3 aromatic rings. The molecule has 5 rings (SSSR count). The summed E-state index contributed by atoms with van der Waals surface area (Å²) in [6.07, 6.45) is 0. The molecule has 0 N–H and O–H groups in total. The molecule has 0 bridgehead atoms. The number of fused-ring (bicyclic) bond motifs is 1. The Morgan fingerprint density at radius 1 is 0.848 bits per heavy atom. The molecule has 0 spiro atoms. The van der Waals surface area contributed by atoms with Gasteiger partial charge in [-0.25, -0.2) is 4.79 Å². The van der Waals surface area contributed by atoms with Gasteiger partial charge >= 0.3 is 5.97 Å². The van der Waals surface area contributed by atoms with Gasteiger partial charge in [-0.3, -0.25) is 4.79 Å². The largest absolute Gasteiger partial charge is 0.465 e. The second kappa shape index (κ2) is 8.78. The molecule has 2 aromatic carbocycles. The Morgan fingerprint density at radius 2 is 1.58 bits per heavy atom. The van der Waals surface area contributed by atoms with Gasteiger partial charge in [0.15, 0.2) is 17.3 Å². The minimum absolute atomic E-state index is 0.0599. The minimum Gasteiger partial charge on any atom is -0.465 e. The lowest BCUT2D eigenvalue weighted by Crippen LogP contribution is -2.49. The van der Waals surface area contributed by atoms with E-state index in [9.17, 15) is 9.59 Å². The highest BCUT2D eigenvalue weighted by atomic mass is 16.7. The second-order valence-electron chi connectivity index (χ2n) is 7.69. The molecule has 1 fully saturated rings. The van der Waals surface area contributed by atoms with Gasteiger partial charge in [-0.2, -0.15) is 0 Å². The summed E-state index contributed by atoms with van der Waals surface area (Å²) in [6.45, 7) is 2.69. The van der Waals surface area contributed by atoms with Crippen molar-refractivity contribution in [1.29, 1.82) is 0 Å². The SMILES string of the molecule is COC(=O)c1ccc(C(=O)N2CCN(c3ccc(-c4ccc5c(c4)OCO5)nn3)CC2)cc1. The Bertz CT molecular complexity index is 1170. The summed E-state index contributed by atoms with van der Waals surface area (Å²) >= 11 is 0. The average molecular weight is 446 g/mol. The first-order valence-corrected chi connectivity index (χ1v) is 10.6. The van der Waals surface area contributed by atoms with E-state index in [0.717, 1.165) is 22.8 Å². The van der Waals surface area contributed by atoms with E-state index in [2.05, 4.69) is 15.1 Å². The third-order valence-corrected chi connectivity index (χ3v) is 5.76. The van der Waals surface area contributed by atoms with E-state index in [1.54, 1.807) is 29.2 Å². The fraction of sp³-hybridized carbons (Fsp3) is 0.250. The molecule has 3 heterocycles. The van der Waals surface area contributed by atoms with Gasteiger partial charge < -0.3 is 24.0 Å². The van der Waals surface area contributed by atoms with Crippen molar-refractivity contribution < 1.29 is 23.8 Å². The topological polar surface area (TPSA) is 94.1 Å². The predicted octanol–water partition coefficient (Wildman–Crippen LogP) is 2.62. The van der Waals surface area contributed by atoms with Crippen molar-refractivity contribution >= 4 is 17.7 Å². The van der Waals surface area contributed by atoms with E-state index in [0.29, 0.717) is 43.1 Å². The van der Waals surface area contributed by atoms with Crippen LogP contribution in [0.5, 0.6) is 11.5 Å². The summed E-state index contributed by atoms with van der Waals surface area (Å²) in [4.78, 5) is 28.3. The van der Waals surface area contributed by atoms with Crippen LogP contribution >= 0.6 is 0 Å². The number of esters is 1. The zero-order valence-electron chi connectivity index (χ0n) is 18.1. The highest BCUT2D eigenvalue weighted by Crippen LogP contribution is 2.35. The standard InChI is InChI=1S/C24H22N4O5/c1-31-24(30)17-4-2-16(3-5-17)23(29)28-12-10-27(11-13-28)22-9-7-19(25-26-22)18-6-8-20-21(14-18)33-15-32-20/h2-9,14H,10-13,15H2,1H3. The number of methoxy groups -OCH3 is 1. The molecule has 33 heavy (non-hydrogen) atoms. The number of aromatic nitrogens is 2. The summed E-state index contributed by atoms with van der Waals surface area (Å²) in [5.74, 6) is 1.73. The van der Waals surface area contributed by atoms with Gasteiger partial charge in [0.25, 0.3) is 5.91 Å². The number of carbonyl (C=O) groups excluding carboxylic acids is 2. The number of carbonyl (C=O) groups is 2. The zero-order chi connectivity index (χ0) is 22.8. The predicted molar refractivity (Wildman–Crippen MR) is 119 cm³/mol. The van der Waals surface area contributed by atoms with E-state index in [1.807, 2.05) is 30.3 Å². The maximum atomic E-state index is 12.8. The fourth-order valence-electron chi connectivity index (χ4n) is 3.89. The molecular formula is C24H22N4O5. The molecule has 2 aliphatic heterocycles. The molecule has 0 unspecified atom stereocenters. The molecule has 1 aromatic heterocycles. The normalized spacial score (nSPS) is 14.8. The first kappa shape index (κ1) is 20.7. The number of rotatable bonds is 4. The minimum atomic E-state index is -0.423. The lowest BCUT2D eigenvalue weighted by Gasteiger charge is -2.35. The highest BCUT2D eigenvalue weighted by molar-refractivity contribution is 5.96. The number of hydrogen-bond donors (Lipinski definition) is 0. The molecule has 0 atom stereocenters. The number of nitrogens with zero attached hydrogens (tertiary/aromatic N) is 4. The van der Waals surface area contributed by atoms with Gasteiger partial charge in [-0.1, -0.05) is 0 Å². The fourth-order valence-corrected chi connectivity index (χ4v) is 3.89. The van der Waals surface area contributed by atoms with E-state index < -0.39 is 5.97 Å². The summed E-state index contributed by atoms with van der Waals surface area (Å²) in [7, 11) is 1.33. The third-order valence-electron chi connectivity index (χ3n) is 5.76. The number of anilines is 1. The maximum Gasteiger partial charge on any atom is 0.337 e. The highest BCUT2D eigenvalue weighted by Gasteiger charge is 2.23. The molecule has 9 nitrogen and oxygen atoms in total.